The molecule has 0 spiro atoms. The van der Waals surface area contributed by atoms with Crippen molar-refractivity contribution in [3.05, 3.63) is 159 Å². The molecule has 0 N–H and O–H groups in total. The van der Waals surface area contributed by atoms with Gasteiger partial charge in [-0.25, -0.2) is 0 Å². The van der Waals surface area contributed by atoms with Gasteiger partial charge in [0.25, 0.3) is 0 Å². The molecule has 0 aromatic heterocycles. The first kappa shape index (κ1) is 47.7. The number of fused-ring (bicyclic) bond motifs is 2. The molecule has 4 aliphatic rings. The van der Waals surface area contributed by atoms with Crippen LogP contribution in [0.15, 0.2) is 131 Å². The SMILES string of the molecule is C=C1/C=C2\C(=C/CC3=C(O1)B1C(C)=C(/C=C\C(=C)C(C)(C)C)N(c4c(C)cc(C(C)(C)C)cc4C)c4cc(C(C)(C)C)cc(c41)N3c1ccc(C(C)(C)C)cc1)[PH](C)(C)CCC2(C)C. The zero-order valence-corrected chi connectivity index (χ0v) is 44.3. The van der Waals surface area contributed by atoms with Crippen LogP contribution in [0.5, 0.6) is 0 Å². The van der Waals surface area contributed by atoms with Gasteiger partial charge in [0, 0.05) is 0 Å². The zero-order chi connectivity index (χ0) is 47.4. The van der Waals surface area contributed by atoms with Crippen LogP contribution in [-0.2, 0) is 21.0 Å². The van der Waals surface area contributed by atoms with Gasteiger partial charge < -0.3 is 0 Å². The second-order valence-electron chi connectivity index (χ2n) is 25.0. The van der Waals surface area contributed by atoms with Crippen LogP contribution in [0.2, 0.25) is 0 Å². The number of rotatable bonds is 4. The summed E-state index contributed by atoms with van der Waals surface area (Å²) in [4.78, 5) is 5.16. The first-order valence-corrected chi connectivity index (χ1v) is 27.2. The maximum absolute atomic E-state index is 7.46. The molecule has 7 rings (SSSR count). The quantitative estimate of drug-likeness (QED) is 0.148. The van der Waals surface area contributed by atoms with Gasteiger partial charge in [-0.2, -0.15) is 0 Å². The Hall–Kier alpha value is -4.27. The van der Waals surface area contributed by atoms with Crippen molar-refractivity contribution in [2.24, 2.45) is 10.8 Å². The molecule has 0 aliphatic carbocycles. The summed E-state index contributed by atoms with van der Waals surface area (Å²) < 4.78 is 7.46. The molecule has 0 unspecified atom stereocenters. The maximum atomic E-state index is 7.46. The normalized spacial score (nSPS) is 21.2. The summed E-state index contributed by atoms with van der Waals surface area (Å²) in [6, 6.07) is 19.2. The molecule has 5 heteroatoms. The van der Waals surface area contributed by atoms with E-state index in [1.807, 2.05) is 0 Å². The molecule has 4 heterocycles. The van der Waals surface area contributed by atoms with E-state index in [-0.39, 0.29) is 33.8 Å². The molecule has 1 fully saturated rings. The Morgan fingerprint density at radius 3 is 1.83 bits per heavy atom. The van der Waals surface area contributed by atoms with E-state index in [4.69, 9.17) is 11.3 Å². The summed E-state index contributed by atoms with van der Waals surface area (Å²) in [6.45, 7) is 53.7. The molecule has 0 radical (unpaired) electrons. The van der Waals surface area contributed by atoms with Gasteiger partial charge in [0.05, 0.1) is 0 Å². The number of hydrogen-bond donors (Lipinski definition) is 0. The monoisotopic (exact) mass is 875 g/mol. The number of allylic oxidation sites excluding steroid dienone is 8. The number of ether oxygens (including phenoxy) is 1. The predicted molar refractivity (Wildman–Crippen MR) is 286 cm³/mol. The Labute approximate surface area is 390 Å². The minimum atomic E-state index is -1.78. The Balaban J connectivity index is 1.64. The van der Waals surface area contributed by atoms with E-state index in [0.717, 1.165) is 23.3 Å². The number of aryl methyl sites for hydroxylation is 2. The molecule has 1 saturated heterocycles. The summed E-state index contributed by atoms with van der Waals surface area (Å²) in [7, 11) is -1.78. The molecule has 0 bridgehead atoms. The molecular formula is C59H80BN2OP. The molecule has 3 aromatic rings. The van der Waals surface area contributed by atoms with Gasteiger partial charge in [-0.15, -0.1) is 0 Å². The van der Waals surface area contributed by atoms with Crippen LogP contribution in [0, 0.1) is 24.7 Å². The summed E-state index contributed by atoms with van der Waals surface area (Å²) in [5.74, 6) is 0.715. The fourth-order valence-electron chi connectivity index (χ4n) is 10.3. The average Bonchev–Trinajstić information content (AvgIpc) is 3.23. The fourth-order valence-corrected chi connectivity index (χ4v) is 13.6. The second-order valence-corrected chi connectivity index (χ2v) is 29.8. The van der Waals surface area contributed by atoms with Crippen LogP contribution in [0.1, 0.15) is 145 Å². The second kappa shape index (κ2) is 16.0. The number of hydrogen-bond acceptors (Lipinski definition) is 3. The molecule has 3 nitrogen and oxygen atoms in total. The standard InChI is InChI=1S/C59H80BN2OP/c1-37-32-43(57(12,13)14)33-38(2)53(37)62-47(27-22-39(3)55(6,7)8)41(5)60-52-49(35-44(36-50(52)62)58(15,16)17)61(45-25-23-42(24-26-45)56(9,10)11)48-28-29-51-46(34-40(4)63-54(48)60)59(18,19)30-31-64(51,20)21/h22-27,29,32-36,64H,3-4,28,30-31H2,1-2,5-21H3/b27-22-,46-34+,51-29+. The third kappa shape index (κ3) is 8.63. The third-order valence-electron chi connectivity index (χ3n) is 14.8. The van der Waals surface area contributed by atoms with Crippen molar-refractivity contribution in [1.29, 1.82) is 0 Å². The fraction of sp³-hybridized carbons (Fsp3) is 0.458. The Morgan fingerprint density at radius 1 is 0.766 bits per heavy atom. The average molecular weight is 875 g/mol. The van der Waals surface area contributed by atoms with Crippen molar-refractivity contribution < 1.29 is 4.74 Å². The van der Waals surface area contributed by atoms with Crippen molar-refractivity contribution >= 4 is 42.2 Å². The Kier molecular flexibility index (Phi) is 11.9. The number of benzene rings is 3. The Morgan fingerprint density at radius 2 is 1.30 bits per heavy atom. The van der Waals surface area contributed by atoms with Gasteiger partial charge in [0.15, 0.2) is 0 Å². The predicted octanol–water partition coefficient (Wildman–Crippen LogP) is 16.1. The molecule has 340 valence electrons. The van der Waals surface area contributed by atoms with Gasteiger partial charge >= 0.3 is 340 Å². The van der Waals surface area contributed by atoms with Crippen molar-refractivity contribution in [1.82, 2.24) is 0 Å². The summed E-state index contributed by atoms with van der Waals surface area (Å²) in [5.41, 5.74) is 19.5. The summed E-state index contributed by atoms with van der Waals surface area (Å²) in [5, 5.41) is 1.55. The van der Waals surface area contributed by atoms with Crippen LogP contribution in [0.4, 0.5) is 22.7 Å². The van der Waals surface area contributed by atoms with Gasteiger partial charge in [-0.3, -0.25) is 0 Å². The van der Waals surface area contributed by atoms with Gasteiger partial charge in [0.2, 0.25) is 0 Å². The van der Waals surface area contributed by atoms with Crippen molar-refractivity contribution in [3.8, 4) is 0 Å². The number of nitrogens with zero attached hydrogens (tertiary/aromatic N) is 2. The molecule has 3 aromatic carbocycles. The van der Waals surface area contributed by atoms with Crippen LogP contribution in [0.3, 0.4) is 0 Å². The minimum absolute atomic E-state index is 0.0168. The van der Waals surface area contributed by atoms with Crippen molar-refractivity contribution in [2.45, 2.75) is 147 Å². The molecule has 64 heavy (non-hydrogen) atoms. The first-order valence-electron chi connectivity index (χ1n) is 23.9. The van der Waals surface area contributed by atoms with E-state index in [0.29, 0.717) is 5.76 Å². The van der Waals surface area contributed by atoms with Crippen LogP contribution in [-0.4, -0.2) is 26.2 Å². The first-order chi connectivity index (χ1) is 29.3. The third-order valence-corrected chi connectivity index (χ3v) is 18.2. The molecule has 0 saturated carbocycles. The molecule has 0 amide bonds. The van der Waals surface area contributed by atoms with Crippen LogP contribution >= 0.6 is 7.26 Å². The van der Waals surface area contributed by atoms with E-state index < -0.39 is 7.26 Å². The van der Waals surface area contributed by atoms with Gasteiger partial charge in [-0.05, 0) is 11.0 Å². The summed E-state index contributed by atoms with van der Waals surface area (Å²) >= 11 is 0. The molecule has 0 atom stereocenters. The summed E-state index contributed by atoms with van der Waals surface area (Å²) in [6.07, 6.45) is 12.7. The Bertz CT molecular complexity index is 2570. The molecular weight excluding hydrogens is 794 g/mol. The van der Waals surface area contributed by atoms with Gasteiger partial charge in [-0.1, -0.05) is 41.5 Å². The van der Waals surface area contributed by atoms with Crippen molar-refractivity contribution in [2.75, 3.05) is 29.3 Å². The van der Waals surface area contributed by atoms with Gasteiger partial charge in [0.1, 0.15) is 0 Å². The van der Waals surface area contributed by atoms with E-state index in [1.54, 1.807) is 5.31 Å². The molecule has 4 aliphatic heterocycles. The van der Waals surface area contributed by atoms with E-state index in [9.17, 15) is 0 Å². The van der Waals surface area contributed by atoms with E-state index in [1.165, 1.54) is 85.4 Å². The van der Waals surface area contributed by atoms with Crippen LogP contribution < -0.4 is 15.3 Å². The van der Waals surface area contributed by atoms with E-state index >= 15 is 0 Å². The number of anilines is 4. The van der Waals surface area contributed by atoms with Crippen molar-refractivity contribution in [3.63, 3.8) is 0 Å². The topological polar surface area (TPSA) is 15.7 Å². The van der Waals surface area contributed by atoms with E-state index in [2.05, 4.69) is 220 Å². The van der Waals surface area contributed by atoms with Crippen LogP contribution in [0.25, 0.3) is 0 Å². The zero-order valence-electron chi connectivity index (χ0n) is 43.3.